The van der Waals surface area contributed by atoms with E-state index in [4.69, 9.17) is 0 Å². The summed E-state index contributed by atoms with van der Waals surface area (Å²) in [5.74, 6) is -1.59. The van der Waals surface area contributed by atoms with Crippen molar-refractivity contribution in [2.75, 3.05) is 11.9 Å². The van der Waals surface area contributed by atoms with Gasteiger partial charge in [-0.2, -0.15) is 17.5 Å². The average molecular weight is 466 g/mol. The van der Waals surface area contributed by atoms with Gasteiger partial charge in [0.25, 0.3) is 0 Å². The molecule has 0 unspecified atom stereocenters. The maximum atomic E-state index is 13.2. The maximum absolute atomic E-state index is 13.2. The molecule has 32 heavy (non-hydrogen) atoms. The number of rotatable bonds is 7. The number of para-hydroxylation sites is 1. The lowest BCUT2D eigenvalue weighted by atomic mass is 10.1. The molecule has 10 heteroatoms. The van der Waals surface area contributed by atoms with Crippen LogP contribution in [0.5, 0.6) is 0 Å². The van der Waals surface area contributed by atoms with Crippen LogP contribution in [0.3, 0.4) is 0 Å². The van der Waals surface area contributed by atoms with E-state index in [1.165, 1.54) is 12.1 Å². The number of carbonyl (C=O) groups is 1. The van der Waals surface area contributed by atoms with Crippen LogP contribution in [0.15, 0.2) is 83.8 Å². The Morgan fingerprint density at radius 3 is 2.09 bits per heavy atom. The first-order valence-electron chi connectivity index (χ1n) is 9.33. The molecule has 0 saturated carbocycles. The van der Waals surface area contributed by atoms with Gasteiger partial charge in [-0.25, -0.2) is 12.8 Å². The van der Waals surface area contributed by atoms with E-state index in [0.717, 1.165) is 40.7 Å². The summed E-state index contributed by atoms with van der Waals surface area (Å²) in [6, 6.07) is 16.8. The van der Waals surface area contributed by atoms with Crippen LogP contribution in [0.2, 0.25) is 0 Å². The second-order valence-corrected chi connectivity index (χ2v) is 8.74. The van der Waals surface area contributed by atoms with Crippen molar-refractivity contribution >= 4 is 21.6 Å². The first-order valence-corrected chi connectivity index (χ1v) is 10.8. The first kappa shape index (κ1) is 23.4. The van der Waals surface area contributed by atoms with Crippen molar-refractivity contribution in [3.63, 3.8) is 0 Å². The zero-order valence-electron chi connectivity index (χ0n) is 16.5. The summed E-state index contributed by atoms with van der Waals surface area (Å²) in [6.07, 6.45) is -4.70. The molecule has 3 aromatic carbocycles. The molecule has 0 heterocycles. The highest BCUT2D eigenvalue weighted by atomic mass is 32.2. The number of anilines is 1. The average Bonchev–Trinajstić information content (AvgIpc) is 2.74. The fourth-order valence-corrected chi connectivity index (χ4v) is 4.34. The molecule has 0 fully saturated rings. The number of carbonyl (C=O) groups excluding carboxylic acids is 1. The molecule has 0 radical (unpaired) electrons. The Morgan fingerprint density at radius 2 is 1.47 bits per heavy atom. The molecule has 0 aliphatic rings. The topological polar surface area (TPSA) is 66.5 Å². The molecule has 5 nitrogen and oxygen atoms in total. The normalized spacial score (nSPS) is 12.0. The molecule has 0 spiro atoms. The van der Waals surface area contributed by atoms with Crippen molar-refractivity contribution < 1.29 is 30.8 Å². The largest absolute Gasteiger partial charge is 0.418 e. The summed E-state index contributed by atoms with van der Waals surface area (Å²) in [5, 5.41) is 2.14. The predicted octanol–water partition coefficient (Wildman–Crippen LogP) is 4.67. The minimum atomic E-state index is -4.70. The molecule has 1 amide bonds. The molecule has 3 rings (SSSR count). The number of amides is 1. The van der Waals surface area contributed by atoms with E-state index in [9.17, 15) is 30.8 Å². The third-order valence-corrected chi connectivity index (χ3v) is 6.29. The van der Waals surface area contributed by atoms with E-state index < -0.39 is 45.7 Å². The number of nitrogens with one attached hydrogen (secondary N) is 1. The van der Waals surface area contributed by atoms with Crippen molar-refractivity contribution in [2.24, 2.45) is 0 Å². The zero-order chi connectivity index (χ0) is 23.4. The second-order valence-electron chi connectivity index (χ2n) is 6.80. The van der Waals surface area contributed by atoms with Crippen molar-refractivity contribution in [3.05, 3.63) is 95.8 Å². The lowest BCUT2D eigenvalue weighted by Crippen LogP contribution is -2.37. The van der Waals surface area contributed by atoms with Gasteiger partial charge in [0.1, 0.15) is 5.82 Å². The highest BCUT2D eigenvalue weighted by molar-refractivity contribution is 7.89. The van der Waals surface area contributed by atoms with E-state index in [2.05, 4.69) is 5.32 Å². The van der Waals surface area contributed by atoms with Crippen molar-refractivity contribution in [1.29, 1.82) is 0 Å². The van der Waals surface area contributed by atoms with E-state index in [1.807, 2.05) is 0 Å². The molecule has 0 saturated heterocycles. The number of halogens is 4. The second kappa shape index (κ2) is 9.49. The molecule has 0 aliphatic heterocycles. The van der Waals surface area contributed by atoms with Gasteiger partial charge in [-0.3, -0.25) is 4.79 Å². The molecular weight excluding hydrogens is 448 g/mol. The minimum Gasteiger partial charge on any atom is -0.324 e. The zero-order valence-corrected chi connectivity index (χ0v) is 17.3. The fourth-order valence-electron chi connectivity index (χ4n) is 2.96. The third-order valence-electron chi connectivity index (χ3n) is 4.48. The van der Waals surface area contributed by atoms with Crippen molar-refractivity contribution in [3.8, 4) is 0 Å². The number of hydrogen-bond donors (Lipinski definition) is 1. The smallest absolute Gasteiger partial charge is 0.324 e. The van der Waals surface area contributed by atoms with E-state index in [0.29, 0.717) is 5.56 Å². The summed E-state index contributed by atoms with van der Waals surface area (Å²) in [6.45, 7) is -0.963. The predicted molar refractivity (Wildman–Crippen MR) is 111 cm³/mol. The van der Waals surface area contributed by atoms with E-state index in [1.54, 1.807) is 30.3 Å². The van der Waals surface area contributed by atoms with Crippen molar-refractivity contribution in [1.82, 2.24) is 4.31 Å². The SMILES string of the molecule is O=C(CN(Cc1ccccc1)S(=O)(=O)c1ccc(F)cc1)Nc1ccccc1C(F)(F)F. The highest BCUT2D eigenvalue weighted by Gasteiger charge is 2.34. The lowest BCUT2D eigenvalue weighted by molar-refractivity contribution is -0.137. The van der Waals surface area contributed by atoms with E-state index in [-0.39, 0.29) is 11.4 Å². The third kappa shape index (κ3) is 5.71. The van der Waals surface area contributed by atoms with Crippen LogP contribution in [0.4, 0.5) is 23.2 Å². The van der Waals surface area contributed by atoms with Crippen molar-refractivity contribution in [2.45, 2.75) is 17.6 Å². The van der Waals surface area contributed by atoms with E-state index >= 15 is 0 Å². The fraction of sp³-hybridized carbons (Fsp3) is 0.136. The first-order chi connectivity index (χ1) is 15.1. The maximum Gasteiger partial charge on any atom is 0.418 e. The van der Waals surface area contributed by atoms with Gasteiger partial charge < -0.3 is 5.32 Å². The summed E-state index contributed by atoms with van der Waals surface area (Å²) < 4.78 is 79.9. The summed E-state index contributed by atoms with van der Waals surface area (Å²) >= 11 is 0. The van der Waals surface area contributed by atoms with Crippen LogP contribution >= 0.6 is 0 Å². The van der Waals surface area contributed by atoms with Gasteiger partial charge >= 0.3 is 6.18 Å². The number of sulfonamides is 1. The molecule has 168 valence electrons. The monoisotopic (exact) mass is 466 g/mol. The molecular formula is C22H18F4N2O3S. The number of alkyl halides is 3. The number of nitrogens with zero attached hydrogens (tertiary/aromatic N) is 1. The Labute approximate surface area is 182 Å². The summed E-state index contributed by atoms with van der Waals surface area (Å²) in [5.41, 5.74) is -0.977. The summed E-state index contributed by atoms with van der Waals surface area (Å²) in [4.78, 5) is 12.3. The van der Waals surface area contributed by atoms with Gasteiger partial charge in [0.15, 0.2) is 0 Å². The minimum absolute atomic E-state index is 0.213. The Bertz CT molecular complexity index is 1180. The van der Waals surface area contributed by atoms with Crippen LogP contribution in [0.1, 0.15) is 11.1 Å². The van der Waals surface area contributed by atoms with Crippen LogP contribution in [-0.2, 0) is 27.5 Å². The number of benzene rings is 3. The molecule has 0 aliphatic carbocycles. The molecule has 0 atom stereocenters. The van der Waals surface area contributed by atoms with Gasteiger partial charge in [0.2, 0.25) is 15.9 Å². The molecule has 3 aromatic rings. The Hall–Kier alpha value is -3.24. The van der Waals surface area contributed by atoms with Crippen LogP contribution in [0.25, 0.3) is 0 Å². The standard InChI is InChI=1S/C22H18F4N2O3S/c23-17-10-12-18(13-11-17)32(30,31)28(14-16-6-2-1-3-7-16)15-21(29)27-20-9-5-4-8-19(20)22(24,25)26/h1-13H,14-15H2,(H,27,29). The molecule has 1 N–H and O–H groups in total. The van der Waals surface area contributed by atoms with Crippen LogP contribution in [-0.4, -0.2) is 25.2 Å². The molecule has 0 bridgehead atoms. The van der Waals surface area contributed by atoms with Gasteiger partial charge in [0.05, 0.1) is 22.7 Å². The van der Waals surface area contributed by atoms with Gasteiger partial charge in [0, 0.05) is 6.54 Å². The quantitative estimate of drug-likeness (QED) is 0.515. The number of hydrogen-bond acceptors (Lipinski definition) is 3. The van der Waals surface area contributed by atoms with Gasteiger partial charge in [-0.05, 0) is 42.0 Å². The molecule has 0 aromatic heterocycles. The van der Waals surface area contributed by atoms with Crippen LogP contribution in [0, 0.1) is 5.82 Å². The Morgan fingerprint density at radius 1 is 0.875 bits per heavy atom. The Kier molecular flexibility index (Phi) is 6.95. The summed E-state index contributed by atoms with van der Waals surface area (Å²) in [7, 11) is -4.26. The Balaban J connectivity index is 1.89. The van der Waals surface area contributed by atoms with Gasteiger partial charge in [-0.15, -0.1) is 0 Å². The highest BCUT2D eigenvalue weighted by Crippen LogP contribution is 2.34. The van der Waals surface area contributed by atoms with Gasteiger partial charge in [-0.1, -0.05) is 42.5 Å². The van der Waals surface area contributed by atoms with Crippen LogP contribution < -0.4 is 5.32 Å². The lowest BCUT2D eigenvalue weighted by Gasteiger charge is -2.22.